The number of benzene rings is 2. The van der Waals surface area contributed by atoms with E-state index in [-0.39, 0.29) is 22.8 Å². The van der Waals surface area contributed by atoms with Gasteiger partial charge in [-0.3, -0.25) is 14.8 Å². The summed E-state index contributed by atoms with van der Waals surface area (Å²) in [6.45, 7) is 1.90. The summed E-state index contributed by atoms with van der Waals surface area (Å²) in [6, 6.07) is 17.3. The number of nitrogens with zero attached hydrogens (tertiary/aromatic N) is 5. The Morgan fingerprint density at radius 1 is 1.04 bits per heavy atom. The van der Waals surface area contributed by atoms with E-state index in [0.29, 0.717) is 53.4 Å². The highest BCUT2D eigenvalue weighted by Crippen LogP contribution is 2.63. The molecule has 2 aromatic carbocycles. The van der Waals surface area contributed by atoms with Crippen LogP contribution in [0.15, 0.2) is 67.0 Å². The molecule has 4 fully saturated rings. The molecule has 4 heterocycles. The fourth-order valence-corrected chi connectivity index (χ4v) is 10.6. The zero-order valence-corrected chi connectivity index (χ0v) is 28.6. The van der Waals surface area contributed by atoms with Gasteiger partial charge in [0.05, 0.1) is 22.0 Å². The monoisotopic (exact) mass is 690 g/mol. The Kier molecular flexibility index (Phi) is 7.43. The third-order valence-corrected chi connectivity index (χ3v) is 12.3. The molecule has 50 heavy (non-hydrogen) atoms. The number of carbonyl (C=O) groups excluding carboxylic acids is 1. The number of amides is 1. The van der Waals surface area contributed by atoms with Crippen molar-refractivity contribution in [2.75, 3.05) is 23.9 Å². The summed E-state index contributed by atoms with van der Waals surface area (Å²) in [6.07, 6.45) is 10.1. The van der Waals surface area contributed by atoms with Crippen molar-refractivity contribution in [3.05, 3.63) is 83.7 Å². The Morgan fingerprint density at radius 2 is 1.88 bits per heavy atom. The molecule has 5 aromatic rings. The zero-order chi connectivity index (χ0) is 34.0. The molecule has 2 N–H and O–H groups in total. The Balaban J connectivity index is 0.958. The molecule has 2 atom stereocenters. The maximum atomic E-state index is 13.5. The zero-order valence-electron chi connectivity index (χ0n) is 27.8. The van der Waals surface area contributed by atoms with Crippen LogP contribution >= 0.6 is 11.3 Å². The lowest BCUT2D eigenvalue weighted by atomic mass is 9.48. The van der Waals surface area contributed by atoms with E-state index in [4.69, 9.17) is 19.6 Å². The molecule has 1 aliphatic heterocycles. The summed E-state index contributed by atoms with van der Waals surface area (Å²) < 4.78 is 14.4. The summed E-state index contributed by atoms with van der Waals surface area (Å²) in [5, 5.41) is 18.0. The average Bonchev–Trinajstić information content (AvgIpc) is 3.73. The van der Waals surface area contributed by atoms with Crippen molar-refractivity contribution in [1.29, 1.82) is 0 Å². The number of para-hydroxylation sites is 1. The van der Waals surface area contributed by atoms with E-state index in [9.17, 15) is 14.7 Å². The molecule has 10 rings (SSSR count). The maximum Gasteiger partial charge on any atom is 0.512 e. The minimum absolute atomic E-state index is 0.00173. The lowest BCUT2D eigenvalue weighted by molar-refractivity contribution is -0.184. The van der Waals surface area contributed by atoms with Crippen molar-refractivity contribution in [1.82, 2.24) is 19.7 Å². The van der Waals surface area contributed by atoms with Gasteiger partial charge in [-0.25, -0.2) is 9.78 Å². The molecule has 11 nitrogen and oxygen atoms in total. The van der Waals surface area contributed by atoms with E-state index in [2.05, 4.69) is 15.2 Å². The second-order valence-corrected chi connectivity index (χ2v) is 15.8. The molecule has 4 saturated carbocycles. The number of nitrogens with one attached hydrogen (secondary N) is 1. The lowest BCUT2D eigenvalue weighted by Gasteiger charge is -2.61. The topological polar surface area (TPSA) is 132 Å². The molecule has 4 aliphatic carbocycles. The Bertz CT molecular complexity index is 2100. The van der Waals surface area contributed by atoms with Crippen LogP contribution in [0.2, 0.25) is 0 Å². The quantitative estimate of drug-likeness (QED) is 0.160. The number of carbonyl (C=O) groups is 2. The number of rotatable bonds is 8. The second-order valence-electron chi connectivity index (χ2n) is 14.7. The highest BCUT2D eigenvalue weighted by Gasteiger charge is 2.58. The molecular formula is C38H38N6O5S. The van der Waals surface area contributed by atoms with Gasteiger partial charge in [-0.1, -0.05) is 35.6 Å². The smallest absolute Gasteiger partial charge is 0.449 e. The number of methoxy groups -OCH3 is 1. The number of thiazole rings is 1. The van der Waals surface area contributed by atoms with Gasteiger partial charge in [-0.2, -0.15) is 10.1 Å². The Labute approximate surface area is 293 Å². The van der Waals surface area contributed by atoms with Crippen molar-refractivity contribution < 1.29 is 24.2 Å². The first kappa shape index (κ1) is 31.2. The molecule has 5 aliphatic rings. The number of ether oxygens (including phenoxy) is 2. The van der Waals surface area contributed by atoms with Crippen LogP contribution in [0.4, 0.5) is 15.7 Å². The van der Waals surface area contributed by atoms with Crippen molar-refractivity contribution >= 4 is 44.6 Å². The van der Waals surface area contributed by atoms with Crippen LogP contribution < -0.4 is 15.0 Å². The first-order valence-corrected chi connectivity index (χ1v) is 18.1. The number of anilines is 2. The molecule has 4 bridgehead atoms. The van der Waals surface area contributed by atoms with Gasteiger partial charge in [0.2, 0.25) is 5.88 Å². The van der Waals surface area contributed by atoms with Crippen molar-refractivity contribution in [2.45, 2.75) is 63.6 Å². The summed E-state index contributed by atoms with van der Waals surface area (Å²) in [5.74, 6) is 1.79. The fraction of sp³-hybridized carbons (Fsp3) is 0.395. The number of carboxylic acid groups (broad SMARTS) is 1. The third kappa shape index (κ3) is 5.60. The third-order valence-electron chi connectivity index (χ3n) is 11.4. The largest absolute Gasteiger partial charge is 0.512 e. The van der Waals surface area contributed by atoms with E-state index in [1.54, 1.807) is 6.20 Å². The number of hydrogen-bond donors (Lipinski definition) is 2. The Hall–Kier alpha value is -4.81. The van der Waals surface area contributed by atoms with Crippen LogP contribution in [0, 0.1) is 17.3 Å². The van der Waals surface area contributed by atoms with Crippen LogP contribution in [0.25, 0.3) is 21.3 Å². The molecular weight excluding hydrogens is 653 g/mol. The summed E-state index contributed by atoms with van der Waals surface area (Å²) in [7, 11) is 1.87. The molecule has 256 valence electrons. The molecule has 0 saturated heterocycles. The van der Waals surface area contributed by atoms with Crippen LogP contribution in [-0.4, -0.2) is 56.2 Å². The molecule has 1 amide bonds. The molecule has 0 radical (unpaired) electrons. The maximum absolute atomic E-state index is 13.5. The van der Waals surface area contributed by atoms with Crippen molar-refractivity contribution in [3.8, 4) is 17.0 Å². The van der Waals surface area contributed by atoms with Gasteiger partial charge in [0.25, 0.3) is 5.91 Å². The summed E-state index contributed by atoms with van der Waals surface area (Å²) in [5.41, 5.74) is 4.91. The molecule has 2 unspecified atom stereocenters. The number of fused-ring (bicyclic) bond motifs is 2. The van der Waals surface area contributed by atoms with Gasteiger partial charge < -0.3 is 19.5 Å². The van der Waals surface area contributed by atoms with Crippen LogP contribution in [0.5, 0.6) is 5.88 Å². The molecule has 12 heteroatoms. The Morgan fingerprint density at radius 3 is 2.68 bits per heavy atom. The van der Waals surface area contributed by atoms with Gasteiger partial charge >= 0.3 is 6.16 Å². The number of pyridine rings is 1. The second kappa shape index (κ2) is 11.9. The summed E-state index contributed by atoms with van der Waals surface area (Å²) in [4.78, 5) is 36.7. The van der Waals surface area contributed by atoms with Crippen LogP contribution in [-0.2, 0) is 24.2 Å². The van der Waals surface area contributed by atoms with E-state index in [1.165, 1.54) is 43.4 Å². The predicted octanol–water partition coefficient (Wildman–Crippen LogP) is 7.41. The first-order valence-electron chi connectivity index (χ1n) is 17.3. The number of aromatic nitrogens is 4. The predicted molar refractivity (Wildman–Crippen MR) is 190 cm³/mol. The van der Waals surface area contributed by atoms with Gasteiger partial charge in [-0.05, 0) is 104 Å². The van der Waals surface area contributed by atoms with E-state index in [1.807, 2.05) is 72.6 Å². The van der Waals surface area contributed by atoms with Gasteiger partial charge in [0.1, 0.15) is 5.82 Å². The van der Waals surface area contributed by atoms with E-state index < -0.39 is 6.16 Å². The normalized spacial score (nSPS) is 25.1. The van der Waals surface area contributed by atoms with Gasteiger partial charge in [0.15, 0.2) is 5.13 Å². The SMILES string of the molecule is COC12CC3CC(CC(Cn4cc(-c5ccc(N6CCc7cccc(C(=O)Nc8nc9ccccc9s8)c7C6)nc5OC(=O)O)cn4)(C3)C1)C2. The fourth-order valence-electron chi connectivity index (χ4n) is 9.79. The van der Waals surface area contributed by atoms with Crippen molar-refractivity contribution in [2.24, 2.45) is 17.3 Å². The van der Waals surface area contributed by atoms with E-state index >= 15 is 0 Å². The number of hydrogen-bond acceptors (Lipinski definition) is 9. The first-order chi connectivity index (χ1) is 24.3. The van der Waals surface area contributed by atoms with Crippen molar-refractivity contribution in [3.63, 3.8) is 0 Å². The molecule has 0 spiro atoms. The van der Waals surface area contributed by atoms with Crippen LogP contribution in [0.3, 0.4) is 0 Å². The van der Waals surface area contributed by atoms with Crippen LogP contribution in [0.1, 0.15) is 60.0 Å². The highest BCUT2D eigenvalue weighted by atomic mass is 32.1. The minimum atomic E-state index is -1.43. The average molecular weight is 691 g/mol. The van der Waals surface area contributed by atoms with E-state index in [0.717, 1.165) is 39.9 Å². The lowest BCUT2D eigenvalue weighted by Crippen LogP contribution is -2.57. The van der Waals surface area contributed by atoms with Gasteiger partial charge in [0, 0.05) is 49.6 Å². The minimum Gasteiger partial charge on any atom is -0.449 e. The highest BCUT2D eigenvalue weighted by molar-refractivity contribution is 7.22. The summed E-state index contributed by atoms with van der Waals surface area (Å²) >= 11 is 1.44. The molecule has 3 aromatic heterocycles. The van der Waals surface area contributed by atoms with Gasteiger partial charge in [-0.15, -0.1) is 0 Å². The standard InChI is InChI=1S/C38H38N6O5S/c1-48-38-16-23-13-24(17-38)15-37(14-23,21-38)22-44-19-26(18-39-44)27-9-10-32(41-34(27)49-36(46)47)43-12-11-25-5-4-6-28(29(25)20-43)33(45)42-35-40-30-7-2-3-8-31(30)50-35/h2-10,18-19,23-24H,11-17,20-22H2,1H3,(H,46,47)(H,40,42,45).